The number of nitrogens with one attached hydrogen (secondary N) is 1. The normalized spacial score (nSPS) is 10.7. The number of carbonyl (C=O) groups is 1. The Kier molecular flexibility index (Phi) is 3.41. The van der Waals surface area contributed by atoms with Crippen molar-refractivity contribution in [3.8, 4) is 11.4 Å². The van der Waals surface area contributed by atoms with Crippen LogP contribution in [-0.2, 0) is 0 Å². The smallest absolute Gasteiger partial charge is 0.348 e. The van der Waals surface area contributed by atoms with Gasteiger partial charge in [-0.3, -0.25) is 20.2 Å². The van der Waals surface area contributed by atoms with Crippen molar-refractivity contribution in [1.82, 2.24) is 9.97 Å². The number of benzene rings is 2. The molecule has 0 fully saturated rings. The van der Waals surface area contributed by atoms with Gasteiger partial charge in [0.25, 0.3) is 0 Å². The first-order valence-electron chi connectivity index (χ1n) is 6.53. The standard InChI is InChI=1S/C14H8N4O6/c19-14(20)8-3-1-7(2-4-8)13-15-9-5-11(17(21)22)12(18(23)24)6-10(9)16-13/h1-6H,(H,15,16)(H,19,20). The Labute approximate surface area is 132 Å². The molecule has 0 aliphatic heterocycles. The van der Waals surface area contributed by atoms with E-state index in [0.29, 0.717) is 11.4 Å². The molecule has 1 heterocycles. The van der Waals surface area contributed by atoms with Gasteiger partial charge in [0.15, 0.2) is 0 Å². The summed E-state index contributed by atoms with van der Waals surface area (Å²) in [7, 11) is 0. The molecule has 0 saturated carbocycles. The number of aromatic amines is 1. The van der Waals surface area contributed by atoms with Crippen LogP contribution in [0.3, 0.4) is 0 Å². The third kappa shape index (κ3) is 2.52. The fourth-order valence-corrected chi connectivity index (χ4v) is 2.23. The van der Waals surface area contributed by atoms with E-state index >= 15 is 0 Å². The molecule has 2 N–H and O–H groups in total. The lowest BCUT2D eigenvalue weighted by molar-refractivity contribution is -0.422. The average molecular weight is 328 g/mol. The van der Waals surface area contributed by atoms with Gasteiger partial charge in [-0.2, -0.15) is 0 Å². The van der Waals surface area contributed by atoms with Gasteiger partial charge in [-0.15, -0.1) is 0 Å². The Bertz CT molecular complexity index is 941. The third-order valence-electron chi connectivity index (χ3n) is 3.38. The van der Waals surface area contributed by atoms with Crippen molar-refractivity contribution in [2.45, 2.75) is 0 Å². The molecule has 0 spiro atoms. The summed E-state index contributed by atoms with van der Waals surface area (Å²) < 4.78 is 0. The van der Waals surface area contributed by atoms with E-state index in [1.165, 1.54) is 24.3 Å². The van der Waals surface area contributed by atoms with Crippen LogP contribution < -0.4 is 0 Å². The van der Waals surface area contributed by atoms with Crippen molar-refractivity contribution in [2.75, 3.05) is 0 Å². The second-order valence-electron chi connectivity index (χ2n) is 4.84. The lowest BCUT2D eigenvalue weighted by atomic mass is 10.1. The number of nitro groups is 2. The zero-order valence-corrected chi connectivity index (χ0v) is 11.8. The molecule has 1 aromatic heterocycles. The van der Waals surface area contributed by atoms with Crippen molar-refractivity contribution >= 4 is 28.4 Å². The molecule has 0 saturated heterocycles. The monoisotopic (exact) mass is 328 g/mol. The topological polar surface area (TPSA) is 152 Å². The van der Waals surface area contributed by atoms with Crippen LogP contribution in [0.4, 0.5) is 11.4 Å². The molecular formula is C14H8N4O6. The molecule has 0 bridgehead atoms. The van der Waals surface area contributed by atoms with E-state index in [4.69, 9.17) is 5.11 Å². The number of imidazole rings is 1. The van der Waals surface area contributed by atoms with Crippen molar-refractivity contribution in [1.29, 1.82) is 0 Å². The molecule has 0 unspecified atom stereocenters. The summed E-state index contributed by atoms with van der Waals surface area (Å²) in [6.07, 6.45) is 0. The molecular weight excluding hydrogens is 320 g/mol. The average Bonchev–Trinajstić information content (AvgIpc) is 2.96. The largest absolute Gasteiger partial charge is 0.478 e. The summed E-state index contributed by atoms with van der Waals surface area (Å²) in [5.74, 6) is -0.755. The molecule has 24 heavy (non-hydrogen) atoms. The van der Waals surface area contributed by atoms with Gasteiger partial charge in [0.05, 0.1) is 32.5 Å². The van der Waals surface area contributed by atoms with Gasteiger partial charge in [-0.05, 0) is 12.1 Å². The molecule has 0 aliphatic carbocycles. The first-order valence-corrected chi connectivity index (χ1v) is 6.53. The van der Waals surface area contributed by atoms with E-state index in [-0.39, 0.29) is 16.6 Å². The summed E-state index contributed by atoms with van der Waals surface area (Å²) in [5, 5.41) is 30.8. The number of hydrogen-bond donors (Lipinski definition) is 2. The second kappa shape index (κ2) is 5.43. The van der Waals surface area contributed by atoms with Crippen LogP contribution in [0.25, 0.3) is 22.4 Å². The van der Waals surface area contributed by atoms with Crippen LogP contribution in [0, 0.1) is 20.2 Å². The lowest BCUT2D eigenvalue weighted by Gasteiger charge is -1.97. The lowest BCUT2D eigenvalue weighted by Crippen LogP contribution is -1.96. The predicted octanol–water partition coefficient (Wildman–Crippen LogP) is 2.74. The minimum Gasteiger partial charge on any atom is -0.478 e. The maximum absolute atomic E-state index is 11.0. The summed E-state index contributed by atoms with van der Waals surface area (Å²) in [5.41, 5.74) is -0.174. The van der Waals surface area contributed by atoms with Gasteiger partial charge in [0, 0.05) is 11.6 Å². The van der Waals surface area contributed by atoms with E-state index in [0.717, 1.165) is 12.1 Å². The zero-order valence-electron chi connectivity index (χ0n) is 11.8. The van der Waals surface area contributed by atoms with Crippen LogP contribution in [-0.4, -0.2) is 30.9 Å². The molecule has 0 aliphatic rings. The van der Waals surface area contributed by atoms with Crippen LogP contribution in [0.1, 0.15) is 10.4 Å². The van der Waals surface area contributed by atoms with Gasteiger partial charge in [0.1, 0.15) is 5.82 Å². The van der Waals surface area contributed by atoms with Crippen LogP contribution in [0.5, 0.6) is 0 Å². The number of hydrogen-bond acceptors (Lipinski definition) is 6. The van der Waals surface area contributed by atoms with Crippen molar-refractivity contribution in [2.24, 2.45) is 0 Å². The molecule has 10 nitrogen and oxygen atoms in total. The predicted molar refractivity (Wildman–Crippen MR) is 81.8 cm³/mol. The Morgan fingerprint density at radius 2 is 1.62 bits per heavy atom. The number of fused-ring (bicyclic) bond motifs is 1. The number of H-pyrrole nitrogens is 1. The van der Waals surface area contributed by atoms with E-state index in [9.17, 15) is 25.0 Å². The number of aromatic nitrogens is 2. The van der Waals surface area contributed by atoms with Crippen molar-refractivity contribution in [3.05, 3.63) is 62.2 Å². The Morgan fingerprint density at radius 3 is 2.17 bits per heavy atom. The zero-order chi connectivity index (χ0) is 17.4. The Morgan fingerprint density at radius 1 is 1.04 bits per heavy atom. The summed E-state index contributed by atoms with van der Waals surface area (Å²) in [4.78, 5) is 38.1. The summed E-state index contributed by atoms with van der Waals surface area (Å²) in [6, 6.07) is 7.88. The van der Waals surface area contributed by atoms with Crippen LogP contribution in [0.15, 0.2) is 36.4 Å². The third-order valence-corrected chi connectivity index (χ3v) is 3.38. The van der Waals surface area contributed by atoms with Gasteiger partial charge >= 0.3 is 17.3 Å². The summed E-state index contributed by atoms with van der Waals surface area (Å²) in [6.45, 7) is 0. The Balaban J connectivity index is 2.12. The SMILES string of the molecule is O=C(O)c1ccc(-c2nc3cc([N+](=O)[O-])c([N+](=O)[O-])cc3[nH]2)cc1. The summed E-state index contributed by atoms with van der Waals surface area (Å²) >= 11 is 0. The highest BCUT2D eigenvalue weighted by Gasteiger charge is 2.26. The molecule has 3 aromatic rings. The number of carboxylic acids is 1. The molecule has 0 amide bonds. The van der Waals surface area contributed by atoms with Crippen molar-refractivity contribution in [3.63, 3.8) is 0 Å². The van der Waals surface area contributed by atoms with Gasteiger partial charge in [-0.25, -0.2) is 9.78 Å². The molecule has 120 valence electrons. The fraction of sp³-hybridized carbons (Fsp3) is 0. The van der Waals surface area contributed by atoms with Crippen molar-refractivity contribution < 1.29 is 19.7 Å². The van der Waals surface area contributed by atoms with E-state index in [1.54, 1.807) is 0 Å². The van der Waals surface area contributed by atoms with Gasteiger partial charge < -0.3 is 10.1 Å². The second-order valence-corrected chi connectivity index (χ2v) is 4.84. The van der Waals surface area contributed by atoms with Crippen LogP contribution >= 0.6 is 0 Å². The fourth-order valence-electron chi connectivity index (χ4n) is 2.23. The molecule has 0 atom stereocenters. The minimum atomic E-state index is -1.07. The van der Waals surface area contributed by atoms with Gasteiger partial charge in [-0.1, -0.05) is 12.1 Å². The van der Waals surface area contributed by atoms with Crippen LogP contribution in [0.2, 0.25) is 0 Å². The molecule has 0 radical (unpaired) electrons. The van der Waals surface area contributed by atoms with Gasteiger partial charge in [0.2, 0.25) is 0 Å². The first kappa shape index (κ1) is 15.1. The highest BCUT2D eigenvalue weighted by molar-refractivity contribution is 5.89. The highest BCUT2D eigenvalue weighted by Crippen LogP contribution is 2.32. The molecule has 10 heteroatoms. The minimum absolute atomic E-state index is 0.0983. The van der Waals surface area contributed by atoms with E-state index in [2.05, 4.69) is 9.97 Å². The number of nitro benzene ring substituents is 2. The number of aromatic carboxylic acids is 1. The number of nitrogens with zero attached hydrogens (tertiary/aromatic N) is 3. The quantitative estimate of drug-likeness (QED) is 0.551. The number of rotatable bonds is 4. The first-order chi connectivity index (χ1) is 11.4. The Hall–Kier alpha value is -3.82. The molecule has 2 aromatic carbocycles. The highest BCUT2D eigenvalue weighted by atomic mass is 16.6. The number of carboxylic acid groups (broad SMARTS) is 1. The maximum atomic E-state index is 11.0. The van der Waals surface area contributed by atoms with E-state index < -0.39 is 27.2 Å². The molecule has 3 rings (SSSR count). The van der Waals surface area contributed by atoms with E-state index in [1.807, 2.05) is 0 Å². The maximum Gasteiger partial charge on any atom is 0.348 e.